The molecule has 2 heterocycles. The molecule has 0 spiro atoms. The minimum Gasteiger partial charge on any atom is -0.357 e. The number of nitrogens with zero attached hydrogens (tertiary/aromatic N) is 1. The molecule has 2 aromatic heterocycles. The average Bonchev–Trinajstić information content (AvgIpc) is 2.69. The Hall–Kier alpha value is -1.77. The van der Waals surface area contributed by atoms with E-state index in [9.17, 15) is 0 Å². The van der Waals surface area contributed by atoms with Crippen LogP contribution in [0.2, 0.25) is 0 Å². The second-order valence-electron chi connectivity index (χ2n) is 4.08. The zero-order valence-electron chi connectivity index (χ0n) is 9.10. The normalized spacial score (nSPS) is 11.7. The van der Waals surface area contributed by atoms with Crippen LogP contribution >= 0.6 is 0 Å². The summed E-state index contributed by atoms with van der Waals surface area (Å²) in [6, 6.07) is 4.24. The lowest BCUT2D eigenvalue weighted by atomic mass is 10.1. The molecule has 3 aromatic rings. The van der Waals surface area contributed by atoms with Gasteiger partial charge in [-0.25, -0.2) is 4.98 Å². The fourth-order valence-corrected chi connectivity index (χ4v) is 2.12. The lowest BCUT2D eigenvalue weighted by molar-refractivity contribution is 1.17. The second-order valence-corrected chi connectivity index (χ2v) is 4.08. The first-order valence-electron chi connectivity index (χ1n) is 5.11. The van der Waals surface area contributed by atoms with Gasteiger partial charge in [0.15, 0.2) is 0 Å². The van der Waals surface area contributed by atoms with Crippen molar-refractivity contribution in [2.24, 2.45) is 0 Å². The molecule has 3 rings (SSSR count). The highest BCUT2D eigenvalue weighted by Crippen LogP contribution is 2.27. The number of imidazole rings is 1. The smallest absolute Gasteiger partial charge is 0.113 e. The van der Waals surface area contributed by atoms with E-state index in [0.717, 1.165) is 22.4 Å². The fourth-order valence-electron chi connectivity index (χ4n) is 2.12. The maximum absolute atomic E-state index is 4.51. The van der Waals surface area contributed by atoms with Gasteiger partial charge >= 0.3 is 0 Å². The van der Waals surface area contributed by atoms with Crippen LogP contribution in [0.3, 0.4) is 0 Å². The first kappa shape index (κ1) is 8.53. The maximum atomic E-state index is 4.51. The van der Waals surface area contributed by atoms with E-state index < -0.39 is 0 Å². The highest BCUT2D eigenvalue weighted by Gasteiger charge is 2.09. The molecule has 76 valence electrons. The minimum absolute atomic E-state index is 0.961. The van der Waals surface area contributed by atoms with Gasteiger partial charge in [-0.05, 0) is 32.4 Å². The van der Waals surface area contributed by atoms with Crippen LogP contribution in [0.1, 0.15) is 17.1 Å². The molecule has 0 amide bonds. The monoisotopic (exact) mass is 199 g/mol. The topological polar surface area (TPSA) is 44.5 Å². The Labute approximate surface area is 87.5 Å². The molecule has 0 radical (unpaired) electrons. The summed E-state index contributed by atoms with van der Waals surface area (Å²) >= 11 is 0. The van der Waals surface area contributed by atoms with E-state index in [1.165, 1.54) is 16.6 Å². The van der Waals surface area contributed by atoms with Crippen molar-refractivity contribution >= 4 is 21.9 Å². The highest BCUT2D eigenvalue weighted by molar-refractivity contribution is 6.03. The molecule has 3 nitrogen and oxygen atoms in total. The predicted molar refractivity (Wildman–Crippen MR) is 62.2 cm³/mol. The summed E-state index contributed by atoms with van der Waals surface area (Å²) in [5, 5.41) is 1.27. The van der Waals surface area contributed by atoms with Crippen molar-refractivity contribution in [3.05, 3.63) is 29.2 Å². The molecule has 0 atom stereocenters. The summed E-state index contributed by atoms with van der Waals surface area (Å²) in [7, 11) is 0. The molecule has 0 bridgehead atoms. The van der Waals surface area contributed by atoms with Crippen molar-refractivity contribution in [1.29, 1.82) is 0 Å². The lowest BCUT2D eigenvalue weighted by Crippen LogP contribution is -1.73. The van der Waals surface area contributed by atoms with Crippen LogP contribution in [0, 0.1) is 20.8 Å². The zero-order valence-corrected chi connectivity index (χ0v) is 9.10. The SMILES string of the molecule is Cc1nc2c(ccc3c(C)c(C)[nH]c32)[nH]1. The minimum atomic E-state index is 0.961. The Bertz CT molecular complexity index is 658. The highest BCUT2D eigenvalue weighted by atomic mass is 14.9. The summed E-state index contributed by atoms with van der Waals surface area (Å²) in [6.07, 6.45) is 0. The quantitative estimate of drug-likeness (QED) is 0.574. The Morgan fingerprint density at radius 1 is 1.07 bits per heavy atom. The summed E-state index contributed by atoms with van der Waals surface area (Å²) < 4.78 is 0. The molecule has 15 heavy (non-hydrogen) atoms. The van der Waals surface area contributed by atoms with Crippen LogP contribution < -0.4 is 0 Å². The van der Waals surface area contributed by atoms with Crippen molar-refractivity contribution < 1.29 is 0 Å². The molecule has 1 aromatic carbocycles. The van der Waals surface area contributed by atoms with Gasteiger partial charge in [0, 0.05) is 11.1 Å². The van der Waals surface area contributed by atoms with E-state index in [2.05, 4.69) is 40.9 Å². The summed E-state index contributed by atoms with van der Waals surface area (Å²) in [4.78, 5) is 11.2. The zero-order chi connectivity index (χ0) is 10.6. The van der Waals surface area contributed by atoms with Crippen molar-refractivity contribution in [3.63, 3.8) is 0 Å². The van der Waals surface area contributed by atoms with E-state index >= 15 is 0 Å². The Morgan fingerprint density at radius 2 is 1.87 bits per heavy atom. The number of rotatable bonds is 0. The van der Waals surface area contributed by atoms with E-state index in [-0.39, 0.29) is 0 Å². The van der Waals surface area contributed by atoms with E-state index in [1.54, 1.807) is 0 Å². The molecule has 0 saturated carbocycles. The molecule has 0 fully saturated rings. The first-order chi connectivity index (χ1) is 7.16. The van der Waals surface area contributed by atoms with Crippen molar-refractivity contribution in [2.75, 3.05) is 0 Å². The largest absolute Gasteiger partial charge is 0.357 e. The summed E-state index contributed by atoms with van der Waals surface area (Å²) in [6.45, 7) is 6.22. The first-order valence-corrected chi connectivity index (χ1v) is 5.11. The standard InChI is InChI=1S/C12H13N3/c1-6-7(2)13-11-9(6)4-5-10-12(11)15-8(3)14-10/h4-5,13H,1-3H3,(H,14,15). The van der Waals surface area contributed by atoms with Gasteiger partial charge in [0.25, 0.3) is 0 Å². The van der Waals surface area contributed by atoms with Crippen LogP contribution in [0.25, 0.3) is 21.9 Å². The summed E-state index contributed by atoms with van der Waals surface area (Å²) in [5.74, 6) is 0.961. The van der Waals surface area contributed by atoms with Gasteiger partial charge < -0.3 is 9.97 Å². The van der Waals surface area contributed by atoms with Gasteiger partial charge in [0.05, 0.1) is 11.0 Å². The average molecular weight is 199 g/mol. The van der Waals surface area contributed by atoms with E-state index in [0.29, 0.717) is 0 Å². The van der Waals surface area contributed by atoms with Crippen molar-refractivity contribution in [1.82, 2.24) is 15.0 Å². The Morgan fingerprint density at radius 3 is 2.67 bits per heavy atom. The number of aryl methyl sites for hydroxylation is 3. The molecular weight excluding hydrogens is 186 g/mol. The lowest BCUT2D eigenvalue weighted by Gasteiger charge is -1.92. The van der Waals surface area contributed by atoms with Crippen LogP contribution in [0.15, 0.2) is 12.1 Å². The molecule has 0 saturated heterocycles. The second kappa shape index (κ2) is 2.63. The number of nitrogens with one attached hydrogen (secondary N) is 2. The van der Waals surface area contributed by atoms with Crippen LogP contribution in [0.5, 0.6) is 0 Å². The number of benzene rings is 1. The van der Waals surface area contributed by atoms with Gasteiger partial charge in [-0.3, -0.25) is 0 Å². The number of aromatic nitrogens is 3. The van der Waals surface area contributed by atoms with Crippen LogP contribution in [-0.4, -0.2) is 15.0 Å². The summed E-state index contributed by atoms with van der Waals surface area (Å²) in [5.41, 5.74) is 5.82. The van der Waals surface area contributed by atoms with Gasteiger partial charge in [-0.1, -0.05) is 6.07 Å². The maximum Gasteiger partial charge on any atom is 0.113 e. The Kier molecular flexibility index (Phi) is 1.49. The van der Waals surface area contributed by atoms with E-state index in [1.807, 2.05) is 6.92 Å². The number of aromatic amines is 2. The number of H-pyrrole nitrogens is 2. The van der Waals surface area contributed by atoms with Crippen LogP contribution in [-0.2, 0) is 0 Å². The van der Waals surface area contributed by atoms with Crippen molar-refractivity contribution in [3.8, 4) is 0 Å². The van der Waals surface area contributed by atoms with Gasteiger partial charge in [0.1, 0.15) is 11.3 Å². The van der Waals surface area contributed by atoms with Gasteiger partial charge in [0.2, 0.25) is 0 Å². The van der Waals surface area contributed by atoms with Gasteiger partial charge in [-0.2, -0.15) is 0 Å². The Balaban J connectivity index is 2.59. The number of hydrogen-bond acceptors (Lipinski definition) is 1. The van der Waals surface area contributed by atoms with E-state index in [4.69, 9.17) is 0 Å². The number of fused-ring (bicyclic) bond motifs is 3. The molecule has 0 aliphatic carbocycles. The molecule has 0 unspecified atom stereocenters. The molecule has 0 aliphatic heterocycles. The van der Waals surface area contributed by atoms with Gasteiger partial charge in [-0.15, -0.1) is 0 Å². The third-order valence-electron chi connectivity index (χ3n) is 3.05. The fraction of sp³-hybridized carbons (Fsp3) is 0.250. The molecule has 0 aliphatic rings. The molecule has 2 N–H and O–H groups in total. The third-order valence-corrected chi connectivity index (χ3v) is 3.05. The molecule has 3 heteroatoms. The van der Waals surface area contributed by atoms with Crippen LogP contribution in [0.4, 0.5) is 0 Å². The van der Waals surface area contributed by atoms with Crippen molar-refractivity contribution in [2.45, 2.75) is 20.8 Å². The predicted octanol–water partition coefficient (Wildman–Crippen LogP) is 2.97. The molecular formula is C12H13N3. The third kappa shape index (κ3) is 1.03. The number of hydrogen-bond donors (Lipinski definition) is 2.